The Balaban J connectivity index is 2.37. The monoisotopic (exact) mass is 296 g/mol. The van der Waals surface area contributed by atoms with Gasteiger partial charge in [0.2, 0.25) is 11.8 Å². The number of carbonyl (C=O) groups excluding carboxylic acids is 2. The number of carbonyl (C=O) groups is 2. The molecule has 0 saturated carbocycles. The number of amides is 2. The topological polar surface area (TPSA) is 49.4 Å². The third-order valence-corrected chi connectivity index (χ3v) is 3.52. The highest BCUT2D eigenvalue weighted by Gasteiger charge is 2.28. The van der Waals surface area contributed by atoms with Gasteiger partial charge in [-0.3, -0.25) is 9.59 Å². The number of nitrogens with one attached hydrogen (secondary N) is 1. The van der Waals surface area contributed by atoms with Gasteiger partial charge in [-0.05, 0) is 11.1 Å². The van der Waals surface area contributed by atoms with E-state index in [1.807, 2.05) is 60.7 Å². The Labute approximate surface area is 130 Å². The number of hydrogen-bond donors (Lipinski definition) is 1. The Morgan fingerprint density at radius 2 is 1.55 bits per heavy atom. The van der Waals surface area contributed by atoms with Gasteiger partial charge < -0.3 is 10.2 Å². The van der Waals surface area contributed by atoms with Crippen LogP contribution in [0.5, 0.6) is 0 Å². The second-order valence-corrected chi connectivity index (χ2v) is 5.06. The van der Waals surface area contributed by atoms with Gasteiger partial charge in [0.15, 0.2) is 0 Å². The normalized spacial score (nSPS) is 11.5. The van der Waals surface area contributed by atoms with E-state index in [1.54, 1.807) is 11.9 Å². The van der Waals surface area contributed by atoms with Crippen LogP contribution in [0.1, 0.15) is 24.1 Å². The Morgan fingerprint density at radius 3 is 2.05 bits per heavy atom. The average Bonchev–Trinajstić information content (AvgIpc) is 2.55. The molecule has 114 valence electrons. The fourth-order valence-corrected chi connectivity index (χ4v) is 2.41. The summed E-state index contributed by atoms with van der Waals surface area (Å²) in [5.74, 6) is -0.335. The molecule has 4 nitrogen and oxygen atoms in total. The van der Waals surface area contributed by atoms with Crippen molar-refractivity contribution in [2.45, 2.75) is 19.5 Å². The zero-order valence-corrected chi connectivity index (χ0v) is 12.8. The lowest BCUT2D eigenvalue weighted by Gasteiger charge is -2.30. The second kappa shape index (κ2) is 7.41. The molecule has 4 heteroatoms. The van der Waals surface area contributed by atoms with Gasteiger partial charge in [-0.2, -0.15) is 0 Å². The fraction of sp³-hybridized carbons (Fsp3) is 0.222. The van der Waals surface area contributed by atoms with E-state index in [1.165, 1.54) is 6.92 Å². The summed E-state index contributed by atoms with van der Waals surface area (Å²) in [6.07, 6.45) is 0. The minimum Gasteiger partial charge on any atom is -0.357 e. The molecule has 0 aliphatic rings. The highest BCUT2D eigenvalue weighted by Crippen LogP contribution is 2.23. The standard InChI is InChI=1S/C18H20N2O2/c1-14(21)20(13-15-9-5-3-6-10-15)17(18(22)19-2)16-11-7-4-8-12-16/h3-12,17H,13H2,1-2H3,(H,19,22). The number of hydrogen-bond acceptors (Lipinski definition) is 2. The molecule has 1 atom stereocenters. The van der Waals surface area contributed by atoms with Crippen LogP contribution in [0.15, 0.2) is 60.7 Å². The summed E-state index contributed by atoms with van der Waals surface area (Å²) < 4.78 is 0. The van der Waals surface area contributed by atoms with Gasteiger partial charge in [0.1, 0.15) is 6.04 Å². The maximum Gasteiger partial charge on any atom is 0.247 e. The van der Waals surface area contributed by atoms with E-state index < -0.39 is 6.04 Å². The SMILES string of the molecule is CNC(=O)C(c1ccccc1)N(Cc1ccccc1)C(C)=O. The van der Waals surface area contributed by atoms with Gasteiger partial charge in [0.25, 0.3) is 0 Å². The lowest BCUT2D eigenvalue weighted by molar-refractivity contribution is -0.139. The summed E-state index contributed by atoms with van der Waals surface area (Å²) in [6, 6.07) is 18.4. The van der Waals surface area contributed by atoms with Crippen molar-refractivity contribution in [1.82, 2.24) is 10.2 Å². The Hall–Kier alpha value is -2.62. The van der Waals surface area contributed by atoms with Crippen molar-refractivity contribution in [3.8, 4) is 0 Å². The first-order valence-corrected chi connectivity index (χ1v) is 7.21. The lowest BCUT2D eigenvalue weighted by atomic mass is 10.0. The van der Waals surface area contributed by atoms with E-state index in [4.69, 9.17) is 0 Å². The van der Waals surface area contributed by atoms with Crippen molar-refractivity contribution in [2.24, 2.45) is 0 Å². The molecule has 0 radical (unpaired) electrons. The van der Waals surface area contributed by atoms with Crippen LogP contribution in [0, 0.1) is 0 Å². The molecule has 0 saturated heterocycles. The van der Waals surface area contributed by atoms with E-state index in [0.717, 1.165) is 11.1 Å². The fourth-order valence-electron chi connectivity index (χ4n) is 2.41. The van der Waals surface area contributed by atoms with Crippen LogP contribution in [-0.2, 0) is 16.1 Å². The first kappa shape index (κ1) is 15.8. The summed E-state index contributed by atoms with van der Waals surface area (Å²) in [5, 5.41) is 2.65. The third kappa shape index (κ3) is 3.73. The van der Waals surface area contributed by atoms with Gasteiger partial charge in [-0.25, -0.2) is 0 Å². The smallest absolute Gasteiger partial charge is 0.247 e. The molecule has 2 aromatic carbocycles. The van der Waals surface area contributed by atoms with Crippen molar-refractivity contribution in [3.63, 3.8) is 0 Å². The zero-order chi connectivity index (χ0) is 15.9. The van der Waals surface area contributed by atoms with Crippen LogP contribution in [0.4, 0.5) is 0 Å². The molecule has 2 rings (SSSR count). The Morgan fingerprint density at radius 1 is 1.00 bits per heavy atom. The second-order valence-electron chi connectivity index (χ2n) is 5.06. The summed E-state index contributed by atoms with van der Waals surface area (Å²) in [4.78, 5) is 26.1. The number of rotatable bonds is 5. The largest absolute Gasteiger partial charge is 0.357 e. The Kier molecular flexibility index (Phi) is 5.31. The van der Waals surface area contributed by atoms with Crippen molar-refractivity contribution in [1.29, 1.82) is 0 Å². The van der Waals surface area contributed by atoms with E-state index in [2.05, 4.69) is 5.32 Å². The predicted molar refractivity (Wildman–Crippen MR) is 85.9 cm³/mol. The molecule has 0 spiro atoms. The third-order valence-electron chi connectivity index (χ3n) is 3.52. The van der Waals surface area contributed by atoms with Crippen LogP contribution in [0.3, 0.4) is 0 Å². The van der Waals surface area contributed by atoms with E-state index >= 15 is 0 Å². The van der Waals surface area contributed by atoms with Gasteiger partial charge in [0, 0.05) is 20.5 Å². The molecule has 0 aliphatic carbocycles. The minimum absolute atomic E-state index is 0.138. The molecule has 0 bridgehead atoms. The van der Waals surface area contributed by atoms with E-state index in [-0.39, 0.29) is 11.8 Å². The molecule has 0 fully saturated rings. The Bertz CT molecular complexity index is 626. The molecule has 1 N–H and O–H groups in total. The van der Waals surface area contributed by atoms with Crippen LogP contribution >= 0.6 is 0 Å². The van der Waals surface area contributed by atoms with Gasteiger partial charge in [-0.1, -0.05) is 60.7 Å². The summed E-state index contributed by atoms with van der Waals surface area (Å²) in [5.41, 5.74) is 1.79. The molecular formula is C18H20N2O2. The maximum absolute atomic E-state index is 12.3. The van der Waals surface area contributed by atoms with Gasteiger partial charge in [0.05, 0.1) is 0 Å². The highest BCUT2D eigenvalue weighted by molar-refractivity contribution is 5.87. The van der Waals surface area contributed by atoms with Crippen molar-refractivity contribution in [2.75, 3.05) is 7.05 Å². The van der Waals surface area contributed by atoms with Crippen molar-refractivity contribution in [3.05, 3.63) is 71.8 Å². The van der Waals surface area contributed by atoms with E-state index in [9.17, 15) is 9.59 Å². The summed E-state index contributed by atoms with van der Waals surface area (Å²) in [6.45, 7) is 1.88. The molecule has 2 amide bonds. The summed E-state index contributed by atoms with van der Waals surface area (Å²) in [7, 11) is 1.58. The molecule has 0 heterocycles. The zero-order valence-electron chi connectivity index (χ0n) is 12.8. The lowest BCUT2D eigenvalue weighted by Crippen LogP contribution is -2.41. The highest BCUT2D eigenvalue weighted by atomic mass is 16.2. The first-order chi connectivity index (χ1) is 10.6. The number of benzene rings is 2. The average molecular weight is 296 g/mol. The van der Waals surface area contributed by atoms with Crippen LogP contribution in [0.2, 0.25) is 0 Å². The molecule has 0 aliphatic heterocycles. The van der Waals surface area contributed by atoms with Crippen LogP contribution < -0.4 is 5.32 Å². The minimum atomic E-state index is -0.635. The summed E-state index contributed by atoms with van der Waals surface area (Å²) >= 11 is 0. The van der Waals surface area contributed by atoms with Crippen LogP contribution in [0.25, 0.3) is 0 Å². The van der Waals surface area contributed by atoms with Crippen molar-refractivity contribution < 1.29 is 9.59 Å². The van der Waals surface area contributed by atoms with Crippen molar-refractivity contribution >= 4 is 11.8 Å². The maximum atomic E-state index is 12.3. The number of likely N-dealkylation sites (N-methyl/N-ethyl adjacent to an activating group) is 1. The number of nitrogens with zero attached hydrogens (tertiary/aromatic N) is 1. The predicted octanol–water partition coefficient (Wildman–Crippen LogP) is 2.52. The molecule has 2 aromatic rings. The van der Waals surface area contributed by atoms with E-state index in [0.29, 0.717) is 6.54 Å². The molecule has 1 unspecified atom stereocenters. The molecule has 0 aromatic heterocycles. The molecule has 22 heavy (non-hydrogen) atoms. The van der Waals surface area contributed by atoms with Gasteiger partial charge >= 0.3 is 0 Å². The first-order valence-electron chi connectivity index (χ1n) is 7.21. The van der Waals surface area contributed by atoms with Gasteiger partial charge in [-0.15, -0.1) is 0 Å². The quantitative estimate of drug-likeness (QED) is 0.921. The van der Waals surface area contributed by atoms with Crippen LogP contribution in [-0.4, -0.2) is 23.8 Å². The molecular weight excluding hydrogens is 276 g/mol.